The van der Waals surface area contributed by atoms with Crippen molar-refractivity contribution in [1.29, 1.82) is 0 Å². The summed E-state index contributed by atoms with van der Waals surface area (Å²) in [6, 6.07) is 2.08. The zero-order valence-corrected chi connectivity index (χ0v) is 12.2. The van der Waals surface area contributed by atoms with Gasteiger partial charge < -0.3 is 9.47 Å². The molecule has 2 rings (SSSR count). The molecule has 0 N–H and O–H groups in total. The fraction of sp³-hybridized carbons (Fsp3) is 0.429. The Balaban J connectivity index is 2.64. The highest BCUT2D eigenvalue weighted by atomic mass is 79.9. The molecule has 2 nitrogen and oxygen atoms in total. The molecule has 0 heterocycles. The molecule has 0 fully saturated rings. The minimum atomic E-state index is 0.424. The van der Waals surface area contributed by atoms with Crippen molar-refractivity contribution in [1.82, 2.24) is 0 Å². The molecule has 1 aromatic rings. The fourth-order valence-corrected chi connectivity index (χ4v) is 2.78. The van der Waals surface area contributed by atoms with E-state index in [1.54, 1.807) is 14.2 Å². The Morgan fingerprint density at radius 3 is 2.53 bits per heavy atom. The predicted octanol–water partition coefficient (Wildman–Crippen LogP) is 3.74. The van der Waals surface area contributed by atoms with E-state index in [2.05, 4.69) is 41.9 Å². The lowest BCUT2D eigenvalue weighted by molar-refractivity contribution is 0.352. The summed E-state index contributed by atoms with van der Waals surface area (Å²) in [5, 5.41) is 0. The van der Waals surface area contributed by atoms with Gasteiger partial charge in [-0.3, -0.25) is 0 Å². The fourth-order valence-electron chi connectivity index (χ4n) is 2.30. The van der Waals surface area contributed by atoms with Crippen molar-refractivity contribution < 1.29 is 9.47 Å². The van der Waals surface area contributed by atoms with Gasteiger partial charge in [0.1, 0.15) is 0 Å². The van der Waals surface area contributed by atoms with Crippen LogP contribution >= 0.6 is 15.9 Å². The van der Waals surface area contributed by atoms with Crippen LogP contribution in [-0.2, 0) is 6.42 Å². The van der Waals surface area contributed by atoms with Gasteiger partial charge in [0.25, 0.3) is 0 Å². The van der Waals surface area contributed by atoms with Crippen molar-refractivity contribution in [2.45, 2.75) is 25.1 Å². The monoisotopic (exact) mass is 296 g/mol. The van der Waals surface area contributed by atoms with E-state index in [0.29, 0.717) is 4.83 Å². The van der Waals surface area contributed by atoms with Gasteiger partial charge in [-0.05, 0) is 37.5 Å². The van der Waals surface area contributed by atoms with Crippen LogP contribution in [-0.4, -0.2) is 19.0 Å². The Morgan fingerprint density at radius 2 is 1.94 bits per heavy atom. The average Bonchev–Trinajstić information content (AvgIpc) is 2.31. The Labute approximate surface area is 111 Å². The molecule has 3 heteroatoms. The third kappa shape index (κ3) is 2.08. The molecule has 0 radical (unpaired) electrons. The largest absolute Gasteiger partial charge is 0.493 e. The summed E-state index contributed by atoms with van der Waals surface area (Å²) in [5.74, 6) is 1.65. The zero-order chi connectivity index (χ0) is 12.6. The molecular formula is C14H17BrO2. The molecule has 0 bridgehead atoms. The first-order valence-corrected chi connectivity index (χ1v) is 6.56. The number of hydrogen-bond acceptors (Lipinski definition) is 2. The van der Waals surface area contributed by atoms with Crippen LogP contribution in [0.1, 0.15) is 23.6 Å². The van der Waals surface area contributed by atoms with Gasteiger partial charge >= 0.3 is 0 Å². The predicted molar refractivity (Wildman–Crippen MR) is 74.4 cm³/mol. The molecule has 0 spiro atoms. The lowest BCUT2D eigenvalue weighted by atomic mass is 9.89. The summed E-state index contributed by atoms with van der Waals surface area (Å²) in [6.45, 7) is 4.23. The summed E-state index contributed by atoms with van der Waals surface area (Å²) in [5.41, 5.74) is 5.09. The zero-order valence-electron chi connectivity index (χ0n) is 10.6. The van der Waals surface area contributed by atoms with E-state index >= 15 is 0 Å². The van der Waals surface area contributed by atoms with Gasteiger partial charge in [-0.15, -0.1) is 0 Å². The van der Waals surface area contributed by atoms with Crippen molar-refractivity contribution in [3.05, 3.63) is 28.3 Å². The summed E-state index contributed by atoms with van der Waals surface area (Å²) in [4.78, 5) is 0.424. The van der Waals surface area contributed by atoms with Crippen LogP contribution in [0, 0.1) is 6.92 Å². The van der Waals surface area contributed by atoms with E-state index in [-0.39, 0.29) is 0 Å². The number of allylic oxidation sites excluding steroid dienone is 1. The highest BCUT2D eigenvalue weighted by Gasteiger charge is 2.21. The normalized spacial score (nSPS) is 18.4. The SMILES string of the molecule is COc1cc2c(c(C)c1OC)C=C(C)[C@H](Br)C2. The van der Waals surface area contributed by atoms with Crippen molar-refractivity contribution in [3.63, 3.8) is 0 Å². The van der Waals surface area contributed by atoms with Crippen LogP contribution < -0.4 is 9.47 Å². The van der Waals surface area contributed by atoms with Gasteiger partial charge in [-0.2, -0.15) is 0 Å². The minimum Gasteiger partial charge on any atom is -0.493 e. The molecule has 17 heavy (non-hydrogen) atoms. The molecule has 0 saturated carbocycles. The first-order valence-electron chi connectivity index (χ1n) is 5.65. The highest BCUT2D eigenvalue weighted by Crippen LogP contribution is 2.40. The molecule has 0 aliphatic heterocycles. The van der Waals surface area contributed by atoms with Crippen molar-refractivity contribution in [2.24, 2.45) is 0 Å². The van der Waals surface area contributed by atoms with Crippen molar-refractivity contribution >= 4 is 22.0 Å². The van der Waals surface area contributed by atoms with Crippen LogP contribution in [0.3, 0.4) is 0 Å². The first-order chi connectivity index (χ1) is 8.08. The molecule has 1 aromatic carbocycles. The number of rotatable bonds is 2. The van der Waals surface area contributed by atoms with Gasteiger partial charge in [-0.1, -0.05) is 27.6 Å². The number of halogens is 1. The second kappa shape index (κ2) is 4.73. The third-order valence-electron chi connectivity index (χ3n) is 3.31. The molecule has 1 atom stereocenters. The van der Waals surface area contributed by atoms with Crippen molar-refractivity contribution in [3.8, 4) is 11.5 Å². The molecule has 0 aromatic heterocycles. The summed E-state index contributed by atoms with van der Waals surface area (Å²) < 4.78 is 10.8. The quantitative estimate of drug-likeness (QED) is 0.774. The number of hydrogen-bond donors (Lipinski definition) is 0. The maximum Gasteiger partial charge on any atom is 0.164 e. The molecule has 1 aliphatic rings. The number of alkyl halides is 1. The molecular weight excluding hydrogens is 280 g/mol. The number of benzene rings is 1. The molecule has 1 aliphatic carbocycles. The van der Waals surface area contributed by atoms with Crippen LogP contribution in [0.5, 0.6) is 11.5 Å². The molecule has 0 amide bonds. The number of fused-ring (bicyclic) bond motifs is 1. The minimum absolute atomic E-state index is 0.424. The Morgan fingerprint density at radius 1 is 1.24 bits per heavy atom. The number of ether oxygens (including phenoxy) is 2. The summed E-state index contributed by atoms with van der Waals surface area (Å²) >= 11 is 3.69. The molecule has 0 saturated heterocycles. The molecule has 92 valence electrons. The Kier molecular flexibility index (Phi) is 3.48. The second-order valence-corrected chi connectivity index (χ2v) is 5.48. The van der Waals surface area contributed by atoms with Crippen molar-refractivity contribution in [2.75, 3.05) is 14.2 Å². The van der Waals surface area contributed by atoms with Crippen LogP contribution in [0.4, 0.5) is 0 Å². The van der Waals surface area contributed by atoms with Gasteiger partial charge in [-0.25, -0.2) is 0 Å². The second-order valence-electron chi connectivity index (χ2n) is 4.37. The van der Waals surface area contributed by atoms with E-state index in [9.17, 15) is 0 Å². The standard InChI is InChI=1S/C14H17BrO2/c1-8-5-11-9(2)14(17-4)13(16-3)7-10(11)6-12(8)15/h5,7,12H,6H2,1-4H3/t12-/m1/s1. The van der Waals surface area contributed by atoms with Crippen LogP contribution in [0.25, 0.3) is 6.08 Å². The first kappa shape index (κ1) is 12.5. The Bertz CT molecular complexity index is 478. The average molecular weight is 297 g/mol. The van der Waals surface area contributed by atoms with Crippen LogP contribution in [0.2, 0.25) is 0 Å². The van der Waals surface area contributed by atoms with E-state index < -0.39 is 0 Å². The number of methoxy groups -OCH3 is 2. The van der Waals surface area contributed by atoms with E-state index in [1.807, 2.05) is 0 Å². The Hall–Kier alpha value is -0.960. The smallest absolute Gasteiger partial charge is 0.164 e. The maximum atomic E-state index is 5.43. The lowest BCUT2D eigenvalue weighted by Gasteiger charge is -2.23. The van der Waals surface area contributed by atoms with Gasteiger partial charge in [0.15, 0.2) is 11.5 Å². The topological polar surface area (TPSA) is 18.5 Å². The van der Waals surface area contributed by atoms with E-state index in [0.717, 1.165) is 23.5 Å². The van der Waals surface area contributed by atoms with Gasteiger partial charge in [0.2, 0.25) is 0 Å². The van der Waals surface area contributed by atoms with E-state index in [1.165, 1.54) is 16.7 Å². The third-order valence-corrected chi connectivity index (χ3v) is 4.35. The summed E-state index contributed by atoms with van der Waals surface area (Å²) in [7, 11) is 3.36. The highest BCUT2D eigenvalue weighted by molar-refractivity contribution is 9.09. The molecule has 0 unspecified atom stereocenters. The summed E-state index contributed by atoms with van der Waals surface area (Å²) in [6.07, 6.45) is 3.23. The lowest BCUT2D eigenvalue weighted by Crippen LogP contribution is -2.12. The van der Waals surface area contributed by atoms with Gasteiger partial charge in [0.05, 0.1) is 14.2 Å². The maximum absolute atomic E-state index is 5.43. The van der Waals surface area contributed by atoms with E-state index in [4.69, 9.17) is 9.47 Å². The van der Waals surface area contributed by atoms with Crippen LogP contribution in [0.15, 0.2) is 11.6 Å². The van der Waals surface area contributed by atoms with Gasteiger partial charge in [0, 0.05) is 10.4 Å².